The number of hydrogen-bond acceptors (Lipinski definition) is 6. The van der Waals surface area contributed by atoms with Gasteiger partial charge in [0.2, 0.25) is 0 Å². The van der Waals surface area contributed by atoms with Gasteiger partial charge in [0.05, 0.1) is 24.7 Å². The molecule has 18 heavy (non-hydrogen) atoms. The van der Waals surface area contributed by atoms with Crippen molar-refractivity contribution in [2.45, 2.75) is 13.0 Å². The van der Waals surface area contributed by atoms with Gasteiger partial charge in [-0.1, -0.05) is 0 Å². The number of ether oxygens (including phenoxy) is 2. The van der Waals surface area contributed by atoms with Crippen molar-refractivity contribution in [3.05, 3.63) is 27.8 Å². The Labute approximate surface area is 104 Å². The van der Waals surface area contributed by atoms with Crippen molar-refractivity contribution in [1.29, 1.82) is 0 Å². The molecule has 0 aliphatic rings. The van der Waals surface area contributed by atoms with Gasteiger partial charge in [-0.2, -0.15) is 0 Å². The van der Waals surface area contributed by atoms with Crippen LogP contribution in [-0.2, 0) is 6.54 Å². The number of nitrogens with two attached hydrogens (primary N) is 1. The summed E-state index contributed by atoms with van der Waals surface area (Å²) in [5, 5.41) is 19.5. The third-order valence-corrected chi connectivity index (χ3v) is 2.34. The number of nitro groups is 1. The predicted octanol–water partition coefficient (Wildman–Crippen LogP) is 0.823. The summed E-state index contributed by atoms with van der Waals surface area (Å²) in [6.45, 7) is 0.293. The van der Waals surface area contributed by atoms with Crippen molar-refractivity contribution in [3.8, 4) is 11.5 Å². The van der Waals surface area contributed by atoms with Crippen LogP contribution in [-0.4, -0.2) is 30.4 Å². The van der Waals surface area contributed by atoms with E-state index in [0.29, 0.717) is 17.7 Å². The Morgan fingerprint density at radius 2 is 2.17 bits per heavy atom. The molecule has 0 atom stereocenters. The van der Waals surface area contributed by atoms with E-state index in [1.807, 2.05) is 0 Å². The maximum absolute atomic E-state index is 10.9. The third-order valence-electron chi connectivity index (χ3n) is 2.34. The van der Waals surface area contributed by atoms with Crippen LogP contribution in [0.25, 0.3) is 0 Å². The van der Waals surface area contributed by atoms with Crippen LogP contribution in [0.5, 0.6) is 11.5 Å². The van der Waals surface area contributed by atoms with Crippen molar-refractivity contribution in [2.75, 3.05) is 20.3 Å². The summed E-state index contributed by atoms with van der Waals surface area (Å²) in [4.78, 5) is 10.4. The number of hydrogen-bond donors (Lipinski definition) is 2. The van der Waals surface area contributed by atoms with Crippen LogP contribution in [0.15, 0.2) is 12.1 Å². The van der Waals surface area contributed by atoms with Crippen LogP contribution in [0.3, 0.4) is 0 Å². The van der Waals surface area contributed by atoms with Gasteiger partial charge in [0.25, 0.3) is 5.69 Å². The minimum atomic E-state index is -0.513. The zero-order valence-corrected chi connectivity index (χ0v) is 10.1. The molecule has 0 aliphatic carbocycles. The molecule has 0 aliphatic heterocycles. The molecule has 3 N–H and O–H groups in total. The first-order valence-corrected chi connectivity index (χ1v) is 5.43. The standard InChI is InChI=1S/C11H16N2O5/c1-17-10-5-8(7-12)9(13(15)16)6-11(10)18-4-2-3-14/h5-6,14H,2-4,7,12H2,1H3. The number of methoxy groups -OCH3 is 1. The Bertz CT molecular complexity index is 422. The molecule has 100 valence electrons. The second kappa shape index (κ2) is 6.77. The summed E-state index contributed by atoms with van der Waals surface area (Å²) >= 11 is 0. The predicted molar refractivity (Wildman–Crippen MR) is 64.7 cm³/mol. The lowest BCUT2D eigenvalue weighted by molar-refractivity contribution is -0.385. The van der Waals surface area contributed by atoms with Gasteiger partial charge in [-0.15, -0.1) is 0 Å². The lowest BCUT2D eigenvalue weighted by atomic mass is 10.1. The normalized spacial score (nSPS) is 10.2. The van der Waals surface area contributed by atoms with E-state index in [4.69, 9.17) is 20.3 Å². The Morgan fingerprint density at radius 1 is 1.44 bits per heavy atom. The first kappa shape index (κ1) is 14.2. The molecule has 0 radical (unpaired) electrons. The van der Waals surface area contributed by atoms with Crippen LogP contribution < -0.4 is 15.2 Å². The maximum atomic E-state index is 10.9. The molecule has 0 spiro atoms. The zero-order valence-electron chi connectivity index (χ0n) is 10.1. The van der Waals surface area contributed by atoms with E-state index in [9.17, 15) is 10.1 Å². The number of nitrogens with zero attached hydrogens (tertiary/aromatic N) is 1. The minimum Gasteiger partial charge on any atom is -0.493 e. The van der Waals surface area contributed by atoms with Gasteiger partial charge in [-0.25, -0.2) is 0 Å². The van der Waals surface area contributed by atoms with E-state index in [1.165, 1.54) is 19.2 Å². The highest BCUT2D eigenvalue weighted by atomic mass is 16.6. The Kier molecular flexibility index (Phi) is 5.34. The third kappa shape index (κ3) is 3.31. The summed E-state index contributed by atoms with van der Waals surface area (Å²) in [7, 11) is 1.44. The fraction of sp³-hybridized carbons (Fsp3) is 0.455. The van der Waals surface area contributed by atoms with Crippen LogP contribution in [0.4, 0.5) is 5.69 Å². The first-order chi connectivity index (χ1) is 8.63. The zero-order chi connectivity index (χ0) is 13.5. The van der Waals surface area contributed by atoms with Gasteiger partial charge in [-0.05, 0) is 6.07 Å². The molecule has 0 saturated carbocycles. The Balaban J connectivity index is 3.07. The van der Waals surface area contributed by atoms with Gasteiger partial charge >= 0.3 is 0 Å². The molecule has 0 amide bonds. The highest BCUT2D eigenvalue weighted by Gasteiger charge is 2.18. The summed E-state index contributed by atoms with van der Waals surface area (Å²) in [6.07, 6.45) is 0.440. The molecule has 0 bridgehead atoms. The molecule has 0 aromatic heterocycles. The number of benzene rings is 1. The molecule has 1 aromatic rings. The summed E-state index contributed by atoms with van der Waals surface area (Å²) in [6, 6.07) is 2.78. The van der Waals surface area contributed by atoms with Crippen LogP contribution in [0.2, 0.25) is 0 Å². The van der Waals surface area contributed by atoms with Gasteiger partial charge in [-0.3, -0.25) is 10.1 Å². The lowest BCUT2D eigenvalue weighted by Gasteiger charge is -2.11. The lowest BCUT2D eigenvalue weighted by Crippen LogP contribution is -2.06. The first-order valence-electron chi connectivity index (χ1n) is 5.43. The molecule has 1 rings (SSSR count). The largest absolute Gasteiger partial charge is 0.493 e. The van der Waals surface area contributed by atoms with Crippen molar-refractivity contribution < 1.29 is 19.5 Å². The number of rotatable bonds is 7. The van der Waals surface area contributed by atoms with Crippen LogP contribution in [0.1, 0.15) is 12.0 Å². The van der Waals surface area contributed by atoms with Gasteiger partial charge in [0, 0.05) is 25.1 Å². The summed E-state index contributed by atoms with van der Waals surface area (Å²) in [5.74, 6) is 0.661. The molecule has 1 aromatic carbocycles. The second-order valence-electron chi connectivity index (χ2n) is 3.52. The van der Waals surface area contributed by atoms with E-state index in [1.54, 1.807) is 0 Å². The van der Waals surface area contributed by atoms with E-state index in [-0.39, 0.29) is 31.2 Å². The SMILES string of the molecule is COc1cc(CN)c([N+](=O)[O-])cc1OCCCO. The van der Waals surface area contributed by atoms with Crippen molar-refractivity contribution >= 4 is 5.69 Å². The van der Waals surface area contributed by atoms with E-state index in [0.717, 1.165) is 0 Å². The van der Waals surface area contributed by atoms with Gasteiger partial charge in [0.15, 0.2) is 11.5 Å². The minimum absolute atomic E-state index is 0.00864. The maximum Gasteiger partial charge on any atom is 0.277 e. The molecule has 0 heterocycles. The summed E-state index contributed by atoms with van der Waals surface area (Å²) < 4.78 is 10.4. The molecule has 0 fully saturated rings. The highest BCUT2D eigenvalue weighted by molar-refractivity contribution is 5.54. The monoisotopic (exact) mass is 256 g/mol. The van der Waals surface area contributed by atoms with E-state index >= 15 is 0 Å². The molecular formula is C11H16N2O5. The van der Waals surface area contributed by atoms with Crippen LogP contribution >= 0.6 is 0 Å². The highest BCUT2D eigenvalue weighted by Crippen LogP contribution is 2.34. The van der Waals surface area contributed by atoms with E-state index in [2.05, 4.69) is 0 Å². The van der Waals surface area contributed by atoms with E-state index < -0.39 is 4.92 Å². The summed E-state index contributed by atoms with van der Waals surface area (Å²) in [5.41, 5.74) is 5.73. The van der Waals surface area contributed by atoms with Crippen molar-refractivity contribution in [3.63, 3.8) is 0 Å². The number of nitro benzene ring substituents is 1. The second-order valence-corrected chi connectivity index (χ2v) is 3.52. The van der Waals surface area contributed by atoms with Crippen molar-refractivity contribution in [1.82, 2.24) is 0 Å². The average molecular weight is 256 g/mol. The molecule has 7 heteroatoms. The van der Waals surface area contributed by atoms with Gasteiger partial charge in [0.1, 0.15) is 0 Å². The smallest absolute Gasteiger partial charge is 0.277 e. The van der Waals surface area contributed by atoms with Crippen LogP contribution in [0, 0.1) is 10.1 Å². The molecule has 0 unspecified atom stereocenters. The topological polar surface area (TPSA) is 108 Å². The fourth-order valence-electron chi connectivity index (χ4n) is 1.44. The Morgan fingerprint density at radius 3 is 2.67 bits per heavy atom. The molecule has 7 nitrogen and oxygen atoms in total. The number of aliphatic hydroxyl groups excluding tert-OH is 1. The molecular weight excluding hydrogens is 240 g/mol. The fourth-order valence-corrected chi connectivity index (χ4v) is 1.44. The van der Waals surface area contributed by atoms with Gasteiger partial charge < -0.3 is 20.3 Å². The van der Waals surface area contributed by atoms with Crippen molar-refractivity contribution in [2.24, 2.45) is 5.73 Å². The number of aliphatic hydroxyl groups is 1. The quantitative estimate of drug-likeness (QED) is 0.425. The average Bonchev–Trinajstić information content (AvgIpc) is 2.38. The Hall–Kier alpha value is -1.86. The molecule has 0 saturated heterocycles.